The molecular weight excluding hydrogens is 348 g/mol. The smallest absolute Gasteiger partial charge is 0.257 e. The molecule has 2 aliphatic heterocycles. The number of ether oxygens (including phenoxy) is 1. The summed E-state index contributed by atoms with van der Waals surface area (Å²) >= 11 is 0. The Labute approximate surface area is 168 Å². The first-order valence-corrected chi connectivity index (χ1v) is 10.5. The topological polar surface area (TPSA) is 32.8 Å². The van der Waals surface area contributed by atoms with E-state index in [0.29, 0.717) is 5.56 Å². The van der Waals surface area contributed by atoms with Gasteiger partial charge in [-0.05, 0) is 50.3 Å². The van der Waals surface area contributed by atoms with Gasteiger partial charge in [-0.15, -0.1) is 0 Å². The maximum absolute atomic E-state index is 12.8. The molecule has 0 radical (unpaired) electrons. The number of aryl methyl sites for hydroxylation is 1. The van der Waals surface area contributed by atoms with E-state index in [2.05, 4.69) is 36.1 Å². The van der Waals surface area contributed by atoms with Crippen LogP contribution in [0.25, 0.3) is 0 Å². The number of para-hydroxylation sites is 1. The van der Waals surface area contributed by atoms with Crippen molar-refractivity contribution in [1.82, 2.24) is 9.80 Å². The quantitative estimate of drug-likeness (QED) is 0.779. The second-order valence-electron chi connectivity index (χ2n) is 8.08. The molecule has 2 heterocycles. The van der Waals surface area contributed by atoms with Crippen molar-refractivity contribution >= 4 is 5.91 Å². The maximum Gasteiger partial charge on any atom is 0.257 e. The summed E-state index contributed by atoms with van der Waals surface area (Å²) in [4.78, 5) is 17.3. The fourth-order valence-corrected chi connectivity index (χ4v) is 4.27. The molecule has 0 bridgehead atoms. The summed E-state index contributed by atoms with van der Waals surface area (Å²) in [6, 6.07) is 16.5. The van der Waals surface area contributed by atoms with Crippen LogP contribution < -0.4 is 4.74 Å². The van der Waals surface area contributed by atoms with E-state index in [4.69, 9.17) is 4.74 Å². The van der Waals surface area contributed by atoms with Crippen LogP contribution in [0.4, 0.5) is 0 Å². The van der Waals surface area contributed by atoms with E-state index < -0.39 is 0 Å². The first-order valence-electron chi connectivity index (χ1n) is 10.5. The molecule has 4 rings (SSSR count). The summed E-state index contributed by atoms with van der Waals surface area (Å²) in [5.41, 5.74) is 3.41. The Bertz CT molecular complexity index is 806. The van der Waals surface area contributed by atoms with E-state index in [1.807, 2.05) is 29.2 Å². The van der Waals surface area contributed by atoms with Crippen LogP contribution in [0.15, 0.2) is 48.5 Å². The van der Waals surface area contributed by atoms with Crippen LogP contribution in [0.3, 0.4) is 0 Å². The number of hydrogen-bond acceptors (Lipinski definition) is 3. The van der Waals surface area contributed by atoms with E-state index in [-0.39, 0.29) is 12.0 Å². The van der Waals surface area contributed by atoms with Crippen molar-refractivity contribution in [1.29, 1.82) is 0 Å². The highest BCUT2D eigenvalue weighted by molar-refractivity contribution is 5.97. The highest BCUT2D eigenvalue weighted by Crippen LogP contribution is 2.26. The Balaban J connectivity index is 1.34. The molecule has 0 spiro atoms. The Kier molecular flexibility index (Phi) is 5.96. The third-order valence-corrected chi connectivity index (χ3v) is 5.83. The SMILES string of the molecule is Cc1cccc(CN2CCC(Oc3ccccc3C(=O)N3CCCC3)CC2)c1. The lowest BCUT2D eigenvalue weighted by atomic mass is 10.1. The van der Waals surface area contributed by atoms with E-state index in [9.17, 15) is 4.79 Å². The summed E-state index contributed by atoms with van der Waals surface area (Å²) in [7, 11) is 0. The van der Waals surface area contributed by atoms with Gasteiger partial charge in [0.25, 0.3) is 5.91 Å². The minimum Gasteiger partial charge on any atom is -0.489 e. The summed E-state index contributed by atoms with van der Waals surface area (Å²) < 4.78 is 6.31. The van der Waals surface area contributed by atoms with Crippen LogP contribution in [0.2, 0.25) is 0 Å². The van der Waals surface area contributed by atoms with Crippen LogP contribution in [-0.2, 0) is 6.54 Å². The molecule has 0 atom stereocenters. The average Bonchev–Trinajstić information content (AvgIpc) is 3.24. The zero-order chi connectivity index (χ0) is 19.3. The lowest BCUT2D eigenvalue weighted by Gasteiger charge is -2.32. The molecular formula is C24H30N2O2. The molecule has 2 saturated heterocycles. The first kappa shape index (κ1) is 19.0. The van der Waals surface area contributed by atoms with Crippen LogP contribution in [0.5, 0.6) is 5.75 Å². The second-order valence-corrected chi connectivity index (χ2v) is 8.08. The normalized spacial score (nSPS) is 18.4. The monoisotopic (exact) mass is 378 g/mol. The molecule has 1 amide bonds. The third kappa shape index (κ3) is 4.56. The molecule has 28 heavy (non-hydrogen) atoms. The number of carbonyl (C=O) groups is 1. The Morgan fingerprint density at radius 2 is 1.75 bits per heavy atom. The predicted molar refractivity (Wildman–Crippen MR) is 112 cm³/mol. The van der Waals surface area contributed by atoms with Gasteiger partial charge >= 0.3 is 0 Å². The van der Waals surface area contributed by atoms with Crippen molar-refractivity contribution in [2.75, 3.05) is 26.2 Å². The average molecular weight is 379 g/mol. The fraction of sp³-hybridized carbons (Fsp3) is 0.458. The Morgan fingerprint density at radius 3 is 2.50 bits per heavy atom. The van der Waals surface area contributed by atoms with Crippen molar-refractivity contribution in [3.05, 3.63) is 65.2 Å². The number of rotatable bonds is 5. The fourth-order valence-electron chi connectivity index (χ4n) is 4.27. The van der Waals surface area contributed by atoms with Gasteiger partial charge in [0.15, 0.2) is 0 Å². The summed E-state index contributed by atoms with van der Waals surface area (Å²) in [6.07, 6.45) is 4.39. The Hall–Kier alpha value is -2.33. The highest BCUT2D eigenvalue weighted by atomic mass is 16.5. The molecule has 148 valence electrons. The standard InChI is InChI=1S/C24H30N2O2/c1-19-7-6-8-20(17-19)18-25-15-11-21(12-16-25)28-23-10-3-2-9-22(23)24(27)26-13-4-5-14-26/h2-3,6-10,17,21H,4-5,11-16,18H2,1H3. The first-order chi connectivity index (χ1) is 13.7. The molecule has 0 aliphatic carbocycles. The lowest BCUT2D eigenvalue weighted by molar-refractivity contribution is 0.0765. The number of hydrogen-bond donors (Lipinski definition) is 0. The van der Waals surface area contributed by atoms with Crippen LogP contribution >= 0.6 is 0 Å². The summed E-state index contributed by atoms with van der Waals surface area (Å²) in [5, 5.41) is 0. The van der Waals surface area contributed by atoms with Gasteiger partial charge in [-0.25, -0.2) is 0 Å². The second kappa shape index (κ2) is 8.78. The zero-order valence-electron chi connectivity index (χ0n) is 16.8. The minimum absolute atomic E-state index is 0.116. The van der Waals surface area contributed by atoms with Gasteiger partial charge in [-0.2, -0.15) is 0 Å². The van der Waals surface area contributed by atoms with Crippen LogP contribution in [0, 0.1) is 6.92 Å². The van der Waals surface area contributed by atoms with Crippen LogP contribution in [0.1, 0.15) is 47.2 Å². The molecule has 4 nitrogen and oxygen atoms in total. The predicted octanol–water partition coefficient (Wildman–Crippen LogP) is 4.27. The maximum atomic E-state index is 12.8. The Morgan fingerprint density at radius 1 is 1.00 bits per heavy atom. The number of benzene rings is 2. The highest BCUT2D eigenvalue weighted by Gasteiger charge is 2.25. The van der Waals surface area contributed by atoms with Crippen molar-refractivity contribution in [2.45, 2.75) is 45.3 Å². The molecule has 0 N–H and O–H groups in total. The van der Waals surface area contributed by atoms with E-state index in [0.717, 1.165) is 64.2 Å². The van der Waals surface area contributed by atoms with Gasteiger partial charge in [0.1, 0.15) is 11.9 Å². The van der Waals surface area contributed by atoms with Gasteiger partial charge in [0.05, 0.1) is 5.56 Å². The van der Waals surface area contributed by atoms with Gasteiger partial charge in [-0.1, -0.05) is 42.0 Å². The summed E-state index contributed by atoms with van der Waals surface area (Å²) in [5.74, 6) is 0.863. The van der Waals surface area contributed by atoms with Crippen molar-refractivity contribution < 1.29 is 9.53 Å². The van der Waals surface area contributed by atoms with E-state index in [1.54, 1.807) is 0 Å². The molecule has 2 aromatic carbocycles. The third-order valence-electron chi connectivity index (χ3n) is 5.83. The van der Waals surface area contributed by atoms with Crippen molar-refractivity contribution in [3.63, 3.8) is 0 Å². The van der Waals surface area contributed by atoms with Gasteiger partial charge in [-0.3, -0.25) is 9.69 Å². The molecule has 2 fully saturated rings. The van der Waals surface area contributed by atoms with Gasteiger partial charge in [0, 0.05) is 32.7 Å². The number of amides is 1. The molecule has 0 aromatic heterocycles. The van der Waals surface area contributed by atoms with Crippen molar-refractivity contribution in [2.24, 2.45) is 0 Å². The molecule has 0 saturated carbocycles. The van der Waals surface area contributed by atoms with Gasteiger partial charge < -0.3 is 9.64 Å². The van der Waals surface area contributed by atoms with Crippen LogP contribution in [-0.4, -0.2) is 48.0 Å². The number of nitrogens with zero attached hydrogens (tertiary/aromatic N) is 2. The van der Waals surface area contributed by atoms with Crippen molar-refractivity contribution in [3.8, 4) is 5.75 Å². The molecule has 2 aromatic rings. The molecule has 4 heteroatoms. The van der Waals surface area contributed by atoms with E-state index in [1.165, 1.54) is 11.1 Å². The number of piperidine rings is 1. The zero-order valence-corrected chi connectivity index (χ0v) is 16.8. The number of likely N-dealkylation sites (tertiary alicyclic amines) is 2. The lowest BCUT2D eigenvalue weighted by Crippen LogP contribution is -2.38. The molecule has 2 aliphatic rings. The van der Waals surface area contributed by atoms with Gasteiger partial charge in [0.2, 0.25) is 0 Å². The summed E-state index contributed by atoms with van der Waals surface area (Å²) in [6.45, 7) is 6.93. The minimum atomic E-state index is 0.116. The molecule has 0 unspecified atom stereocenters. The van der Waals surface area contributed by atoms with E-state index >= 15 is 0 Å². The largest absolute Gasteiger partial charge is 0.489 e. The number of carbonyl (C=O) groups excluding carboxylic acids is 1.